The van der Waals surface area contributed by atoms with E-state index in [-0.39, 0.29) is 23.7 Å². The minimum Gasteiger partial charge on any atom is -0.393 e. The van der Waals surface area contributed by atoms with Gasteiger partial charge in [-0.05, 0) is 25.3 Å². The van der Waals surface area contributed by atoms with Crippen LogP contribution in [0.3, 0.4) is 0 Å². The van der Waals surface area contributed by atoms with Crippen LogP contribution in [0.2, 0.25) is 0 Å². The Bertz CT molecular complexity index is 703. The lowest BCUT2D eigenvalue weighted by Gasteiger charge is -2.28. The summed E-state index contributed by atoms with van der Waals surface area (Å²) in [6, 6.07) is 3.47. The van der Waals surface area contributed by atoms with Gasteiger partial charge < -0.3 is 14.9 Å². The molecule has 2 aromatic heterocycles. The summed E-state index contributed by atoms with van der Waals surface area (Å²) in [4.78, 5) is 14.7. The topological polar surface area (TPSA) is 96.4 Å². The fourth-order valence-electron chi connectivity index (χ4n) is 3.14. The van der Waals surface area contributed by atoms with Crippen molar-refractivity contribution >= 4 is 5.91 Å². The number of aliphatic hydroxyl groups excluding tert-OH is 1. The van der Waals surface area contributed by atoms with Crippen LogP contribution >= 0.6 is 0 Å². The number of amides is 1. The number of hydrogen-bond donors (Lipinski definition) is 2. The van der Waals surface area contributed by atoms with E-state index in [0.717, 1.165) is 38.0 Å². The molecule has 3 rings (SSSR count). The molecule has 25 heavy (non-hydrogen) atoms. The molecule has 1 aliphatic rings. The van der Waals surface area contributed by atoms with Crippen LogP contribution in [0, 0.1) is 0 Å². The van der Waals surface area contributed by atoms with E-state index in [1.165, 1.54) is 0 Å². The predicted molar refractivity (Wildman–Crippen MR) is 90.7 cm³/mol. The molecule has 1 fully saturated rings. The Kier molecular flexibility index (Phi) is 5.50. The largest absolute Gasteiger partial charge is 0.393 e. The van der Waals surface area contributed by atoms with Gasteiger partial charge in [-0.2, -0.15) is 5.10 Å². The zero-order valence-electron chi connectivity index (χ0n) is 14.7. The summed E-state index contributed by atoms with van der Waals surface area (Å²) in [5.74, 6) is 0.409. The Balaban J connectivity index is 1.59. The van der Waals surface area contributed by atoms with Gasteiger partial charge in [0.25, 0.3) is 5.91 Å². The molecule has 2 N–H and O–H groups in total. The normalized spacial score (nSPS) is 17.6. The van der Waals surface area contributed by atoms with Gasteiger partial charge in [0.15, 0.2) is 11.5 Å². The smallest absolute Gasteiger partial charge is 0.274 e. The van der Waals surface area contributed by atoms with Gasteiger partial charge in [0, 0.05) is 32.4 Å². The van der Waals surface area contributed by atoms with E-state index >= 15 is 0 Å². The first kappa shape index (κ1) is 17.6. The van der Waals surface area contributed by atoms with Crippen LogP contribution < -0.4 is 5.32 Å². The molecule has 0 bridgehead atoms. The highest BCUT2D eigenvalue weighted by Crippen LogP contribution is 2.17. The van der Waals surface area contributed by atoms with Crippen molar-refractivity contribution in [2.24, 2.45) is 7.05 Å². The standard InChI is InChI=1S/C17H25N5O3/c1-3-14(16-4-7-18-21(16)2)19-17(24)15-10-13(25-20-15)11-22-8-5-12(23)6-9-22/h4,7,10,12,14,23H,3,5-6,8-9,11H2,1-2H3,(H,19,24)/t14-/m1/s1. The first-order valence-corrected chi connectivity index (χ1v) is 8.71. The molecular weight excluding hydrogens is 322 g/mol. The average molecular weight is 347 g/mol. The van der Waals surface area contributed by atoms with Crippen LogP contribution in [0.25, 0.3) is 0 Å². The van der Waals surface area contributed by atoms with Crippen molar-refractivity contribution in [2.45, 2.75) is 44.9 Å². The van der Waals surface area contributed by atoms with Gasteiger partial charge in [0.1, 0.15) is 0 Å². The number of aromatic nitrogens is 3. The van der Waals surface area contributed by atoms with Crippen molar-refractivity contribution in [1.29, 1.82) is 0 Å². The molecule has 0 aromatic carbocycles. The van der Waals surface area contributed by atoms with Gasteiger partial charge in [0.05, 0.1) is 24.4 Å². The molecule has 1 saturated heterocycles. The maximum absolute atomic E-state index is 12.5. The Hall–Kier alpha value is -2.19. The van der Waals surface area contributed by atoms with E-state index in [9.17, 15) is 9.90 Å². The number of likely N-dealkylation sites (tertiary alicyclic amines) is 1. The van der Waals surface area contributed by atoms with Crippen molar-refractivity contribution in [3.05, 3.63) is 35.5 Å². The maximum atomic E-state index is 12.5. The minimum atomic E-state index is -0.253. The Morgan fingerprint density at radius 3 is 2.88 bits per heavy atom. The molecule has 0 aliphatic carbocycles. The van der Waals surface area contributed by atoms with Crippen LogP contribution in [0.1, 0.15) is 54.2 Å². The predicted octanol–water partition coefficient (Wildman–Crippen LogP) is 1.25. The van der Waals surface area contributed by atoms with Crippen LogP contribution in [0.5, 0.6) is 0 Å². The Morgan fingerprint density at radius 1 is 1.48 bits per heavy atom. The first-order valence-electron chi connectivity index (χ1n) is 8.71. The van der Waals surface area contributed by atoms with E-state index in [1.54, 1.807) is 16.9 Å². The zero-order chi connectivity index (χ0) is 17.8. The van der Waals surface area contributed by atoms with Crippen molar-refractivity contribution in [1.82, 2.24) is 25.2 Å². The quantitative estimate of drug-likeness (QED) is 0.816. The second kappa shape index (κ2) is 7.79. The molecule has 136 valence electrons. The van der Waals surface area contributed by atoms with Gasteiger partial charge in [0.2, 0.25) is 0 Å². The summed E-state index contributed by atoms with van der Waals surface area (Å²) in [5.41, 5.74) is 1.24. The van der Waals surface area contributed by atoms with Crippen LogP contribution in [-0.2, 0) is 13.6 Å². The SMILES string of the molecule is CC[C@@H](NC(=O)c1cc(CN2CCC(O)CC2)on1)c1ccnn1C. The molecule has 3 heterocycles. The van der Waals surface area contributed by atoms with Crippen LogP contribution in [-0.4, -0.2) is 50.0 Å². The fourth-order valence-corrected chi connectivity index (χ4v) is 3.14. The highest BCUT2D eigenvalue weighted by Gasteiger charge is 2.22. The van der Waals surface area contributed by atoms with Gasteiger partial charge in [-0.25, -0.2) is 0 Å². The van der Waals surface area contributed by atoms with Crippen molar-refractivity contribution in [3.63, 3.8) is 0 Å². The Morgan fingerprint density at radius 2 is 2.24 bits per heavy atom. The molecule has 8 nitrogen and oxygen atoms in total. The van der Waals surface area contributed by atoms with E-state index in [0.29, 0.717) is 12.3 Å². The minimum absolute atomic E-state index is 0.122. The molecular formula is C17H25N5O3. The number of nitrogens with zero attached hydrogens (tertiary/aromatic N) is 4. The number of carbonyl (C=O) groups excluding carboxylic acids is 1. The molecule has 1 atom stereocenters. The van der Waals surface area contributed by atoms with Crippen molar-refractivity contribution in [3.8, 4) is 0 Å². The molecule has 2 aromatic rings. The van der Waals surface area contributed by atoms with E-state index < -0.39 is 0 Å². The number of carbonyl (C=O) groups is 1. The van der Waals surface area contributed by atoms with Crippen molar-refractivity contribution in [2.75, 3.05) is 13.1 Å². The highest BCUT2D eigenvalue weighted by atomic mass is 16.5. The summed E-state index contributed by atoms with van der Waals surface area (Å²) in [6.07, 6.45) is 3.81. The van der Waals surface area contributed by atoms with E-state index in [2.05, 4.69) is 20.5 Å². The molecule has 8 heteroatoms. The summed E-state index contributed by atoms with van der Waals surface area (Å²) in [7, 11) is 1.86. The molecule has 0 radical (unpaired) electrons. The first-order chi connectivity index (χ1) is 12.1. The van der Waals surface area contributed by atoms with E-state index in [1.807, 2.05) is 20.0 Å². The summed E-state index contributed by atoms with van der Waals surface area (Å²) >= 11 is 0. The lowest BCUT2D eigenvalue weighted by molar-refractivity contribution is 0.0748. The lowest BCUT2D eigenvalue weighted by atomic mass is 10.1. The van der Waals surface area contributed by atoms with Gasteiger partial charge in [-0.15, -0.1) is 0 Å². The average Bonchev–Trinajstić information content (AvgIpc) is 3.24. The van der Waals surface area contributed by atoms with Gasteiger partial charge in [-0.1, -0.05) is 12.1 Å². The van der Waals surface area contributed by atoms with Crippen molar-refractivity contribution < 1.29 is 14.4 Å². The summed E-state index contributed by atoms with van der Waals surface area (Å²) in [6.45, 7) is 4.26. The summed E-state index contributed by atoms with van der Waals surface area (Å²) in [5, 5.41) is 20.6. The molecule has 0 spiro atoms. The number of aryl methyl sites for hydroxylation is 1. The second-order valence-electron chi connectivity index (χ2n) is 6.50. The van der Waals surface area contributed by atoms with Crippen LogP contribution in [0.4, 0.5) is 0 Å². The van der Waals surface area contributed by atoms with Gasteiger partial charge >= 0.3 is 0 Å². The lowest BCUT2D eigenvalue weighted by Crippen LogP contribution is -2.35. The van der Waals surface area contributed by atoms with Crippen LogP contribution in [0.15, 0.2) is 22.9 Å². The molecule has 1 amide bonds. The number of aliphatic hydroxyl groups is 1. The second-order valence-corrected chi connectivity index (χ2v) is 6.50. The molecule has 1 aliphatic heterocycles. The third-order valence-corrected chi connectivity index (χ3v) is 4.66. The highest BCUT2D eigenvalue weighted by molar-refractivity contribution is 5.92. The fraction of sp³-hybridized carbons (Fsp3) is 0.588. The summed E-state index contributed by atoms with van der Waals surface area (Å²) < 4.78 is 7.07. The number of rotatable bonds is 6. The van der Waals surface area contributed by atoms with E-state index in [4.69, 9.17) is 4.52 Å². The molecule has 0 unspecified atom stereocenters. The Labute approximate surface area is 146 Å². The third-order valence-electron chi connectivity index (χ3n) is 4.66. The number of piperidine rings is 1. The monoisotopic (exact) mass is 347 g/mol. The van der Waals surface area contributed by atoms with Gasteiger partial charge in [-0.3, -0.25) is 14.4 Å². The number of hydrogen-bond acceptors (Lipinski definition) is 6. The molecule has 0 saturated carbocycles. The third kappa shape index (κ3) is 4.26. The number of nitrogens with one attached hydrogen (secondary N) is 1. The maximum Gasteiger partial charge on any atom is 0.274 e. The zero-order valence-corrected chi connectivity index (χ0v) is 14.7.